The van der Waals surface area contributed by atoms with Gasteiger partial charge in [0.2, 0.25) is 0 Å². The van der Waals surface area contributed by atoms with Crippen LogP contribution in [0.3, 0.4) is 0 Å². The molecule has 0 atom stereocenters. The van der Waals surface area contributed by atoms with E-state index in [1.165, 1.54) is 6.20 Å². The SMILES string of the molecule is O=C(c1ccc[nH]c1=O)N1Cc2ccccc2C1. The fraction of sp³-hybridized carbons (Fsp3) is 0.143. The van der Waals surface area contributed by atoms with Crippen LogP contribution in [0.2, 0.25) is 0 Å². The Morgan fingerprint density at radius 1 is 1.06 bits per heavy atom. The highest BCUT2D eigenvalue weighted by atomic mass is 16.2. The Bertz CT molecular complexity index is 636. The van der Waals surface area contributed by atoms with Crippen LogP contribution in [0.5, 0.6) is 0 Å². The van der Waals surface area contributed by atoms with Gasteiger partial charge in [-0.05, 0) is 23.3 Å². The molecule has 0 radical (unpaired) electrons. The second-order valence-electron chi connectivity index (χ2n) is 4.34. The Kier molecular flexibility index (Phi) is 2.48. The lowest BCUT2D eigenvalue weighted by atomic mass is 10.1. The number of carbonyl (C=O) groups is 1. The van der Waals surface area contributed by atoms with E-state index in [0.29, 0.717) is 13.1 Å². The zero-order valence-electron chi connectivity index (χ0n) is 9.72. The summed E-state index contributed by atoms with van der Waals surface area (Å²) in [6.45, 7) is 1.15. The van der Waals surface area contributed by atoms with Gasteiger partial charge in [0.05, 0.1) is 0 Å². The van der Waals surface area contributed by atoms with Crippen LogP contribution in [-0.2, 0) is 13.1 Å². The number of benzene rings is 1. The third-order valence-corrected chi connectivity index (χ3v) is 3.18. The summed E-state index contributed by atoms with van der Waals surface area (Å²) in [6.07, 6.45) is 1.53. The minimum atomic E-state index is -0.335. The van der Waals surface area contributed by atoms with Gasteiger partial charge in [0.1, 0.15) is 5.56 Å². The summed E-state index contributed by atoms with van der Waals surface area (Å²) in [6, 6.07) is 11.2. The van der Waals surface area contributed by atoms with E-state index in [0.717, 1.165) is 11.1 Å². The second-order valence-corrected chi connectivity index (χ2v) is 4.34. The van der Waals surface area contributed by atoms with Crippen molar-refractivity contribution in [3.05, 3.63) is 69.6 Å². The van der Waals surface area contributed by atoms with Gasteiger partial charge < -0.3 is 9.88 Å². The van der Waals surface area contributed by atoms with Gasteiger partial charge in [-0.3, -0.25) is 9.59 Å². The Balaban J connectivity index is 1.89. The summed E-state index contributed by atoms with van der Waals surface area (Å²) in [7, 11) is 0. The third kappa shape index (κ3) is 1.72. The monoisotopic (exact) mass is 240 g/mol. The topological polar surface area (TPSA) is 53.2 Å². The molecule has 0 aliphatic carbocycles. The molecule has 1 amide bonds. The van der Waals surface area contributed by atoms with Crippen molar-refractivity contribution in [2.75, 3.05) is 0 Å². The number of nitrogens with zero attached hydrogens (tertiary/aromatic N) is 1. The van der Waals surface area contributed by atoms with E-state index in [2.05, 4.69) is 4.98 Å². The van der Waals surface area contributed by atoms with Crippen molar-refractivity contribution in [3.8, 4) is 0 Å². The average Bonchev–Trinajstić information content (AvgIpc) is 2.82. The van der Waals surface area contributed by atoms with Gasteiger partial charge >= 0.3 is 0 Å². The standard InChI is InChI=1S/C14H12N2O2/c17-13-12(6-3-7-15-13)14(18)16-8-10-4-1-2-5-11(10)9-16/h1-7H,8-9H2,(H,15,17). The average molecular weight is 240 g/mol. The lowest BCUT2D eigenvalue weighted by molar-refractivity contribution is 0.0749. The van der Waals surface area contributed by atoms with Gasteiger partial charge in [0, 0.05) is 19.3 Å². The van der Waals surface area contributed by atoms with E-state index in [1.54, 1.807) is 17.0 Å². The Labute approximate surface area is 104 Å². The normalized spacial score (nSPS) is 13.4. The molecule has 1 aromatic heterocycles. The number of amides is 1. The molecule has 1 aliphatic rings. The van der Waals surface area contributed by atoms with Crippen LogP contribution in [-0.4, -0.2) is 15.8 Å². The first-order valence-corrected chi connectivity index (χ1v) is 5.79. The first-order valence-electron chi connectivity index (χ1n) is 5.79. The number of nitrogens with one attached hydrogen (secondary N) is 1. The van der Waals surface area contributed by atoms with Crippen LogP contribution in [0.15, 0.2) is 47.4 Å². The van der Waals surface area contributed by atoms with Crippen LogP contribution in [0.4, 0.5) is 0 Å². The van der Waals surface area contributed by atoms with Crippen molar-refractivity contribution >= 4 is 5.91 Å². The molecule has 0 unspecified atom stereocenters. The number of hydrogen-bond donors (Lipinski definition) is 1. The highest BCUT2D eigenvalue weighted by Crippen LogP contribution is 2.23. The summed E-state index contributed by atoms with van der Waals surface area (Å²) in [5.74, 6) is -0.215. The van der Waals surface area contributed by atoms with E-state index < -0.39 is 0 Å². The number of hydrogen-bond acceptors (Lipinski definition) is 2. The van der Waals surface area contributed by atoms with E-state index >= 15 is 0 Å². The van der Waals surface area contributed by atoms with Gasteiger partial charge in [0.15, 0.2) is 0 Å². The largest absolute Gasteiger partial charge is 0.330 e. The lowest BCUT2D eigenvalue weighted by Gasteiger charge is -2.14. The van der Waals surface area contributed by atoms with Crippen LogP contribution in [0, 0.1) is 0 Å². The lowest BCUT2D eigenvalue weighted by Crippen LogP contribution is -2.30. The van der Waals surface area contributed by atoms with E-state index in [9.17, 15) is 9.59 Å². The van der Waals surface area contributed by atoms with Crippen molar-refractivity contribution < 1.29 is 4.79 Å². The number of carbonyl (C=O) groups excluding carboxylic acids is 1. The van der Waals surface area contributed by atoms with Crippen LogP contribution in [0.25, 0.3) is 0 Å². The van der Waals surface area contributed by atoms with Crippen molar-refractivity contribution in [2.24, 2.45) is 0 Å². The summed E-state index contributed by atoms with van der Waals surface area (Å²) in [5.41, 5.74) is 2.17. The molecule has 0 spiro atoms. The van der Waals surface area contributed by atoms with E-state index in [4.69, 9.17) is 0 Å². The predicted octanol–water partition coefficient (Wildman–Crippen LogP) is 1.53. The molecule has 0 fully saturated rings. The zero-order valence-corrected chi connectivity index (χ0v) is 9.72. The molecule has 1 aromatic carbocycles. The van der Waals surface area contributed by atoms with Crippen molar-refractivity contribution in [2.45, 2.75) is 13.1 Å². The molecule has 1 aliphatic heterocycles. The summed E-state index contributed by atoms with van der Waals surface area (Å²) < 4.78 is 0. The maximum Gasteiger partial charge on any atom is 0.260 e. The van der Waals surface area contributed by atoms with Gasteiger partial charge in [-0.1, -0.05) is 24.3 Å². The number of pyridine rings is 1. The Hall–Kier alpha value is -2.36. The molecular formula is C14H12N2O2. The van der Waals surface area contributed by atoms with Crippen molar-refractivity contribution in [1.82, 2.24) is 9.88 Å². The molecule has 0 bridgehead atoms. The minimum Gasteiger partial charge on any atom is -0.330 e. The number of fused-ring (bicyclic) bond motifs is 1. The Morgan fingerprint density at radius 2 is 1.72 bits per heavy atom. The molecule has 1 N–H and O–H groups in total. The quantitative estimate of drug-likeness (QED) is 0.821. The van der Waals surface area contributed by atoms with Crippen molar-refractivity contribution in [1.29, 1.82) is 0 Å². The fourth-order valence-electron chi connectivity index (χ4n) is 2.24. The maximum atomic E-state index is 12.2. The molecule has 18 heavy (non-hydrogen) atoms. The molecule has 3 rings (SSSR count). The van der Waals surface area contributed by atoms with Gasteiger partial charge in [-0.2, -0.15) is 0 Å². The molecule has 4 heteroatoms. The smallest absolute Gasteiger partial charge is 0.260 e. The number of aromatic nitrogens is 1. The van der Waals surface area contributed by atoms with Gasteiger partial charge in [-0.15, -0.1) is 0 Å². The summed E-state index contributed by atoms with van der Waals surface area (Å²) in [4.78, 5) is 28.0. The van der Waals surface area contributed by atoms with E-state index in [-0.39, 0.29) is 17.0 Å². The number of rotatable bonds is 1. The van der Waals surface area contributed by atoms with Gasteiger partial charge in [-0.25, -0.2) is 0 Å². The van der Waals surface area contributed by atoms with Crippen molar-refractivity contribution in [3.63, 3.8) is 0 Å². The number of aromatic amines is 1. The molecule has 2 heterocycles. The van der Waals surface area contributed by atoms with Crippen LogP contribution >= 0.6 is 0 Å². The first-order chi connectivity index (χ1) is 8.75. The zero-order chi connectivity index (χ0) is 12.5. The van der Waals surface area contributed by atoms with Crippen LogP contribution < -0.4 is 5.56 Å². The molecule has 90 valence electrons. The minimum absolute atomic E-state index is 0.199. The maximum absolute atomic E-state index is 12.2. The molecule has 2 aromatic rings. The molecule has 0 saturated carbocycles. The highest BCUT2D eigenvalue weighted by Gasteiger charge is 2.25. The molecular weight excluding hydrogens is 228 g/mol. The summed E-state index contributed by atoms with van der Waals surface area (Å²) in [5, 5.41) is 0. The summed E-state index contributed by atoms with van der Waals surface area (Å²) >= 11 is 0. The Morgan fingerprint density at radius 3 is 2.33 bits per heavy atom. The number of H-pyrrole nitrogens is 1. The molecule has 4 nitrogen and oxygen atoms in total. The fourth-order valence-corrected chi connectivity index (χ4v) is 2.24. The van der Waals surface area contributed by atoms with Crippen LogP contribution in [0.1, 0.15) is 21.5 Å². The second kappa shape index (κ2) is 4.14. The predicted molar refractivity (Wildman–Crippen MR) is 67.1 cm³/mol. The third-order valence-electron chi connectivity index (χ3n) is 3.18. The van der Waals surface area contributed by atoms with Gasteiger partial charge in [0.25, 0.3) is 11.5 Å². The first kappa shape index (κ1) is 10.8. The highest BCUT2D eigenvalue weighted by molar-refractivity contribution is 5.94. The van der Waals surface area contributed by atoms with E-state index in [1.807, 2.05) is 24.3 Å². The molecule has 0 saturated heterocycles.